The molecule has 0 aromatic carbocycles. The largest absolute Gasteiger partial charge is 0.477 e. The molecule has 8 heterocycles. The van der Waals surface area contributed by atoms with Gasteiger partial charge in [-0.3, -0.25) is 9.59 Å². The minimum absolute atomic E-state index is 0.869. The van der Waals surface area contributed by atoms with Gasteiger partial charge in [0.1, 0.15) is 189 Å². The number of amides is 2. The second-order valence-corrected chi connectivity index (χ2v) is 25.3. The topological polar surface area (TPSA) is 740 Å². The Balaban J connectivity index is 1.10. The average molecular weight is 1490 g/mol. The highest BCUT2D eigenvalue weighted by Gasteiger charge is 2.63. The van der Waals surface area contributed by atoms with E-state index in [4.69, 9.17) is 71.1 Å². The van der Waals surface area contributed by atoms with Crippen LogP contribution in [0.1, 0.15) is 20.3 Å². The molecule has 0 radical (unpaired) electrons. The fourth-order valence-corrected chi connectivity index (χ4v) is 13.0. The first-order chi connectivity index (χ1) is 47.7. The maximum atomic E-state index is 13.7. The van der Waals surface area contributed by atoms with Crippen molar-refractivity contribution in [1.82, 2.24) is 10.6 Å². The van der Waals surface area contributed by atoms with Crippen LogP contribution in [0.5, 0.6) is 0 Å². The van der Waals surface area contributed by atoms with Gasteiger partial charge < -0.3 is 214 Å². The maximum absolute atomic E-state index is 13.7. The Morgan fingerprint density at radius 1 is 0.386 bits per heavy atom. The molecule has 0 unspecified atom stereocenters. The second kappa shape index (κ2) is 35.7. The number of rotatable bonds is 27. The fourth-order valence-electron chi connectivity index (χ4n) is 13.0. The number of aliphatic hydroxyl groups is 25. The molecule has 0 saturated carbocycles. The van der Waals surface area contributed by atoms with Gasteiger partial charge in [0.15, 0.2) is 44.0 Å². The zero-order valence-electron chi connectivity index (χ0n) is 53.4. The lowest BCUT2D eigenvalue weighted by molar-refractivity contribution is -0.405. The number of carboxylic acid groups (broad SMARTS) is 1. The van der Waals surface area contributed by atoms with Gasteiger partial charge in [0.25, 0.3) is 5.79 Å². The molecule has 8 aliphatic heterocycles. The van der Waals surface area contributed by atoms with Crippen molar-refractivity contribution in [2.45, 2.75) is 271 Å². The van der Waals surface area contributed by atoms with Gasteiger partial charge in [-0.25, -0.2) is 4.79 Å². The van der Waals surface area contributed by atoms with E-state index in [1.165, 1.54) is 0 Å². The molecule has 46 nitrogen and oxygen atoms in total. The molecule has 0 spiro atoms. The number of carbonyl (C=O) groups excluding carboxylic acids is 2. The lowest BCUT2D eigenvalue weighted by Gasteiger charge is -2.53. The standard InChI is InChI=1S/C55H92N2O44/c1-12(66)56-23-14(68)3-55(54(85)86,100-42(23)25(70)15(69)4-58)101-46-38(83)53(94-39-21(10-64)87-47(84)33(78)32(39)77)93-22(11-65)40(46)95-48-24(57-13(2)67)41(27(72)17(6-60)88-48)96-50-35(80)44(29(74)18(7-61)90-50)98-52-37(82)45(30(75)20(9-63)92-52)99-51-36(81)43(28(73)19(8-62)91-51)97-49-34(79)31(76)26(71)16(5-59)89-49/h14-53,58-65,68-84H,3-11H2,1-2H3,(H,56,66)(H,57,67)(H,85,86)/t14-,15+,16+,17+,18+,19+,20+,21+,22+,23+,24+,25+,26-,27-,28-,29-,30-,31-,32+,33+,34+,35+,36+,37+,38+,39+,40-,41+,42+,43-,44-,45-,46+,47+,48-,49+,50-,51-,52+,53-,55-/m0/s1. The van der Waals surface area contributed by atoms with E-state index < -0.39 is 328 Å². The van der Waals surface area contributed by atoms with Gasteiger partial charge in [-0.05, 0) is 0 Å². The average Bonchev–Trinajstić information content (AvgIpc) is 0.765. The molecule has 101 heavy (non-hydrogen) atoms. The van der Waals surface area contributed by atoms with E-state index in [1.54, 1.807) is 0 Å². The van der Waals surface area contributed by atoms with Crippen molar-refractivity contribution in [1.29, 1.82) is 0 Å². The zero-order chi connectivity index (χ0) is 74.7. The predicted octanol–water partition coefficient (Wildman–Crippen LogP) is -19.0. The third-order valence-corrected chi connectivity index (χ3v) is 18.4. The Hall–Kier alpha value is -3.19. The number of hydrogen-bond acceptors (Lipinski definition) is 43. The molecule has 0 aromatic heterocycles. The molecular weight excluding hydrogens is 1390 g/mol. The highest BCUT2D eigenvalue weighted by Crippen LogP contribution is 2.42. The summed E-state index contributed by atoms with van der Waals surface area (Å²) in [5.41, 5.74) is 0. The number of nitrogens with one attached hydrogen (secondary N) is 2. The fraction of sp³-hybridized carbons (Fsp3) is 0.945. The van der Waals surface area contributed by atoms with Crippen molar-refractivity contribution in [2.75, 3.05) is 52.9 Å². The molecule has 28 N–H and O–H groups in total. The van der Waals surface area contributed by atoms with Crippen LogP contribution in [-0.2, 0) is 85.4 Å². The van der Waals surface area contributed by atoms with E-state index in [-0.39, 0.29) is 0 Å². The molecule has 586 valence electrons. The van der Waals surface area contributed by atoms with Crippen LogP contribution in [0, 0.1) is 0 Å². The van der Waals surface area contributed by atoms with Crippen molar-refractivity contribution in [3.05, 3.63) is 0 Å². The van der Waals surface area contributed by atoms with Gasteiger partial charge in [-0.2, -0.15) is 0 Å². The first-order valence-corrected chi connectivity index (χ1v) is 31.8. The molecule has 8 rings (SSSR count). The van der Waals surface area contributed by atoms with Crippen LogP contribution in [0.25, 0.3) is 0 Å². The predicted molar refractivity (Wildman–Crippen MR) is 305 cm³/mol. The molecule has 0 bridgehead atoms. The minimum atomic E-state index is -3.46. The smallest absolute Gasteiger partial charge is 0.364 e. The van der Waals surface area contributed by atoms with E-state index in [2.05, 4.69) is 10.6 Å². The van der Waals surface area contributed by atoms with Gasteiger partial charge in [0.05, 0.1) is 65.0 Å². The summed E-state index contributed by atoms with van der Waals surface area (Å²) in [5.74, 6) is -7.67. The SMILES string of the molecule is CC(=O)N[C@H]1[C@H](O[C@@H]2[C@H](O[C@]3(C(=O)O)C[C@H](O)[C@@H](NC(C)=O)[C@H]([C@H](O)[C@H](O)CO)O3)[C@@H](O)[C@H](O[C@H]3[C@H](O)[C@@H](O)[C@H](O)O[C@@H]3CO)O[C@@H]2CO)O[C@H](CO)[C@H](O)[C@@H]1O[C@@H]1O[C@H](CO)[C@H](O)[C@H](O[C@H]2O[C@H](CO)[C@H](O)[C@H](O[C@@H]3O[C@H](CO)[C@H](O)[C@H](O[C@H]4O[C@H](CO)[C@H](O)[C@H](O)[C@H]4O)[C@H]3O)[C@H]2O)[C@H]1O. The van der Waals surface area contributed by atoms with Crippen LogP contribution < -0.4 is 10.6 Å². The summed E-state index contributed by atoms with van der Waals surface area (Å²) >= 11 is 0. The van der Waals surface area contributed by atoms with Crippen LogP contribution in [0.4, 0.5) is 0 Å². The molecule has 2 amide bonds. The minimum Gasteiger partial charge on any atom is -0.477 e. The summed E-state index contributed by atoms with van der Waals surface area (Å²) in [6.07, 6.45) is -83.8. The Kier molecular flexibility index (Phi) is 29.5. The Labute approximate surface area is 569 Å². The molecule has 41 atom stereocenters. The number of carbonyl (C=O) groups is 3. The third kappa shape index (κ3) is 17.7. The molecule has 8 saturated heterocycles. The van der Waals surface area contributed by atoms with Gasteiger partial charge in [0, 0.05) is 20.3 Å². The van der Waals surface area contributed by atoms with Crippen molar-refractivity contribution in [2.24, 2.45) is 0 Å². The number of ether oxygens (including phenoxy) is 15. The number of hydrogen-bond donors (Lipinski definition) is 28. The van der Waals surface area contributed by atoms with E-state index >= 15 is 0 Å². The normalized spacial score (nSPS) is 49.1. The van der Waals surface area contributed by atoms with Gasteiger partial charge >= 0.3 is 5.97 Å². The van der Waals surface area contributed by atoms with Gasteiger partial charge in [-0.1, -0.05) is 0 Å². The van der Waals surface area contributed by atoms with Crippen LogP contribution in [0.2, 0.25) is 0 Å². The maximum Gasteiger partial charge on any atom is 0.364 e. The van der Waals surface area contributed by atoms with Crippen LogP contribution in [-0.4, -0.2) is 455 Å². The van der Waals surface area contributed by atoms with Crippen molar-refractivity contribution >= 4 is 17.8 Å². The van der Waals surface area contributed by atoms with Crippen LogP contribution in [0.15, 0.2) is 0 Å². The quantitative estimate of drug-likeness (QED) is 0.0363. The lowest BCUT2D eigenvalue weighted by atomic mass is 9.88. The van der Waals surface area contributed by atoms with Crippen molar-refractivity contribution in [3.8, 4) is 0 Å². The van der Waals surface area contributed by atoms with Crippen molar-refractivity contribution in [3.63, 3.8) is 0 Å². The number of aliphatic hydroxyl groups excluding tert-OH is 25. The number of carboxylic acids is 1. The zero-order valence-corrected chi connectivity index (χ0v) is 53.4. The first kappa shape index (κ1) is 83.4. The summed E-state index contributed by atoms with van der Waals surface area (Å²) in [7, 11) is 0. The number of aliphatic carboxylic acids is 1. The van der Waals surface area contributed by atoms with Crippen LogP contribution >= 0.6 is 0 Å². The molecule has 8 fully saturated rings. The summed E-state index contributed by atoms with van der Waals surface area (Å²) in [6.45, 7) is -7.49. The summed E-state index contributed by atoms with van der Waals surface area (Å²) in [4.78, 5) is 39.4. The highest BCUT2D eigenvalue weighted by molar-refractivity contribution is 5.77. The van der Waals surface area contributed by atoms with Gasteiger partial charge in [0.2, 0.25) is 11.8 Å². The van der Waals surface area contributed by atoms with E-state index in [0.29, 0.717) is 0 Å². The Morgan fingerprint density at radius 2 is 0.733 bits per heavy atom. The highest BCUT2D eigenvalue weighted by atomic mass is 16.8. The molecule has 8 aliphatic rings. The second-order valence-electron chi connectivity index (χ2n) is 25.3. The Bertz CT molecular complexity index is 2620. The summed E-state index contributed by atoms with van der Waals surface area (Å²) in [6, 6.07) is -3.94. The third-order valence-electron chi connectivity index (χ3n) is 18.4. The molecule has 46 heteroatoms. The monoisotopic (exact) mass is 1480 g/mol. The van der Waals surface area contributed by atoms with Gasteiger partial charge in [-0.15, -0.1) is 0 Å². The lowest BCUT2D eigenvalue weighted by Crippen LogP contribution is -2.72. The Morgan fingerprint density at radius 3 is 1.15 bits per heavy atom. The molecular formula is C55H92N2O44. The van der Waals surface area contributed by atoms with Crippen LogP contribution in [0.3, 0.4) is 0 Å². The molecule has 0 aromatic rings. The summed E-state index contributed by atoms with van der Waals surface area (Å²) < 4.78 is 86.5. The summed E-state index contributed by atoms with van der Waals surface area (Å²) in [5, 5.41) is 289. The van der Waals surface area contributed by atoms with Crippen molar-refractivity contribution < 1.29 is 218 Å². The molecule has 0 aliphatic carbocycles. The van der Waals surface area contributed by atoms with E-state index in [0.717, 1.165) is 13.8 Å². The first-order valence-electron chi connectivity index (χ1n) is 31.8. The van der Waals surface area contributed by atoms with E-state index in [1.807, 2.05) is 0 Å². The van der Waals surface area contributed by atoms with E-state index in [9.17, 15) is 147 Å².